The summed E-state index contributed by atoms with van der Waals surface area (Å²) in [5.41, 5.74) is 0. The van der Waals surface area contributed by atoms with E-state index < -0.39 is 26.2 Å². The molecule has 0 bridgehead atoms. The number of benzene rings is 2. The van der Waals surface area contributed by atoms with Crippen LogP contribution in [0.4, 0.5) is 0 Å². The normalized spacial score (nSPS) is 18.7. The van der Waals surface area contributed by atoms with Gasteiger partial charge in [0.1, 0.15) is 0 Å². The molecule has 1 atom stereocenters. The summed E-state index contributed by atoms with van der Waals surface area (Å²) in [6.45, 7) is 0.0533. The van der Waals surface area contributed by atoms with E-state index in [1.807, 2.05) is 0 Å². The second-order valence-corrected chi connectivity index (χ2v) is 10.4. The van der Waals surface area contributed by atoms with Crippen LogP contribution in [0.15, 0.2) is 58.3 Å². The molecule has 2 aromatic carbocycles. The van der Waals surface area contributed by atoms with Crippen molar-refractivity contribution in [3.63, 3.8) is 0 Å². The van der Waals surface area contributed by atoms with Gasteiger partial charge in [0.25, 0.3) is 10.1 Å². The van der Waals surface area contributed by atoms with Gasteiger partial charge in [0.2, 0.25) is 10.0 Å². The fourth-order valence-corrected chi connectivity index (χ4v) is 5.74. The quantitative estimate of drug-likeness (QED) is 0.629. The van der Waals surface area contributed by atoms with E-state index in [2.05, 4.69) is 0 Å². The topological polar surface area (TPSA) is 80.8 Å². The standard InChI is InChI=1S/C17H17Cl2NO5S2/c18-13-3-7-16(8-4-13)26(21,22)20-11-1-2-15(20)12-25-27(23,24)17-9-5-14(19)6-10-17/h3-10,15H,1-2,11-12H2/t15-/m0/s1. The zero-order valence-electron chi connectivity index (χ0n) is 14.1. The van der Waals surface area contributed by atoms with Crippen LogP contribution in [0.2, 0.25) is 10.0 Å². The van der Waals surface area contributed by atoms with Crippen LogP contribution in [-0.4, -0.2) is 40.3 Å². The summed E-state index contributed by atoms with van der Waals surface area (Å²) in [6, 6.07) is 10.9. The van der Waals surface area contributed by atoms with Crippen molar-refractivity contribution < 1.29 is 21.0 Å². The minimum Gasteiger partial charge on any atom is -0.265 e. The molecule has 10 heteroatoms. The van der Waals surface area contributed by atoms with Gasteiger partial charge in [-0.25, -0.2) is 8.42 Å². The van der Waals surface area contributed by atoms with Gasteiger partial charge in [-0.05, 0) is 61.4 Å². The second kappa shape index (κ2) is 8.06. The predicted octanol–water partition coefficient (Wildman–Crippen LogP) is 3.55. The van der Waals surface area contributed by atoms with E-state index in [0.29, 0.717) is 29.4 Å². The molecule has 0 amide bonds. The minimum atomic E-state index is -4.00. The highest BCUT2D eigenvalue weighted by molar-refractivity contribution is 7.89. The average Bonchev–Trinajstić information content (AvgIpc) is 3.10. The third-order valence-electron chi connectivity index (χ3n) is 4.26. The Morgan fingerprint density at radius 2 is 1.41 bits per heavy atom. The van der Waals surface area contributed by atoms with Gasteiger partial charge < -0.3 is 0 Å². The van der Waals surface area contributed by atoms with Gasteiger partial charge in [0.05, 0.1) is 22.4 Å². The monoisotopic (exact) mass is 449 g/mol. The van der Waals surface area contributed by atoms with Crippen LogP contribution in [0.25, 0.3) is 0 Å². The van der Waals surface area contributed by atoms with Gasteiger partial charge in [0.15, 0.2) is 0 Å². The Labute approximate surface area is 168 Å². The third-order valence-corrected chi connectivity index (χ3v) is 8.03. The largest absolute Gasteiger partial charge is 0.297 e. The molecule has 2 aromatic rings. The highest BCUT2D eigenvalue weighted by Gasteiger charge is 2.36. The fourth-order valence-electron chi connectivity index (χ4n) is 2.87. The molecule has 0 aromatic heterocycles. The highest BCUT2D eigenvalue weighted by atomic mass is 35.5. The first-order valence-electron chi connectivity index (χ1n) is 8.12. The van der Waals surface area contributed by atoms with Crippen molar-refractivity contribution in [2.75, 3.05) is 13.2 Å². The molecule has 0 saturated carbocycles. The molecular formula is C17H17Cl2NO5S2. The van der Waals surface area contributed by atoms with Gasteiger partial charge in [-0.2, -0.15) is 12.7 Å². The molecule has 1 saturated heterocycles. The maximum absolute atomic E-state index is 12.9. The smallest absolute Gasteiger partial charge is 0.265 e. The predicted molar refractivity (Wildman–Crippen MR) is 103 cm³/mol. The first-order valence-corrected chi connectivity index (χ1v) is 11.7. The highest BCUT2D eigenvalue weighted by Crippen LogP contribution is 2.28. The summed E-state index contributed by atoms with van der Waals surface area (Å²) >= 11 is 11.6. The first-order chi connectivity index (χ1) is 12.7. The lowest BCUT2D eigenvalue weighted by Gasteiger charge is -2.23. The van der Waals surface area contributed by atoms with Crippen LogP contribution in [0, 0.1) is 0 Å². The van der Waals surface area contributed by atoms with E-state index in [0.717, 1.165) is 0 Å². The van der Waals surface area contributed by atoms with E-state index >= 15 is 0 Å². The molecule has 3 rings (SSSR count). The van der Waals surface area contributed by atoms with Crippen molar-refractivity contribution in [1.29, 1.82) is 0 Å². The molecule has 0 aliphatic carbocycles. The van der Waals surface area contributed by atoms with Crippen molar-refractivity contribution >= 4 is 43.3 Å². The molecule has 1 fully saturated rings. The molecule has 6 nitrogen and oxygen atoms in total. The molecule has 0 N–H and O–H groups in total. The molecule has 0 unspecified atom stereocenters. The second-order valence-electron chi connectivity index (χ2n) is 6.06. The van der Waals surface area contributed by atoms with E-state index in [1.54, 1.807) is 0 Å². The number of hydrogen-bond donors (Lipinski definition) is 0. The van der Waals surface area contributed by atoms with E-state index in [9.17, 15) is 16.8 Å². The van der Waals surface area contributed by atoms with Crippen molar-refractivity contribution in [2.24, 2.45) is 0 Å². The first kappa shape index (κ1) is 20.6. The summed E-state index contributed by atoms with van der Waals surface area (Å²) in [5, 5.41) is 0.842. The maximum Gasteiger partial charge on any atom is 0.297 e. The molecule has 1 aliphatic heterocycles. The summed E-state index contributed by atoms with van der Waals surface area (Å²) in [6.07, 6.45) is 1.14. The molecule has 1 aliphatic rings. The maximum atomic E-state index is 12.9. The van der Waals surface area contributed by atoms with Crippen LogP contribution in [0.3, 0.4) is 0 Å². The lowest BCUT2D eigenvalue weighted by Crippen LogP contribution is -2.38. The Morgan fingerprint density at radius 1 is 0.889 bits per heavy atom. The van der Waals surface area contributed by atoms with Crippen LogP contribution in [0.1, 0.15) is 12.8 Å². The number of hydrogen-bond acceptors (Lipinski definition) is 5. The molecule has 146 valence electrons. The Morgan fingerprint density at radius 3 is 1.96 bits per heavy atom. The van der Waals surface area contributed by atoms with Crippen molar-refractivity contribution in [2.45, 2.75) is 28.7 Å². The van der Waals surface area contributed by atoms with Crippen LogP contribution >= 0.6 is 23.2 Å². The summed E-state index contributed by atoms with van der Waals surface area (Å²) in [4.78, 5) is 0.0800. The Bertz CT molecular complexity index is 1010. The van der Waals surface area contributed by atoms with Crippen LogP contribution < -0.4 is 0 Å². The van der Waals surface area contributed by atoms with Crippen LogP contribution in [0.5, 0.6) is 0 Å². The molecule has 1 heterocycles. The summed E-state index contributed by atoms with van der Waals surface area (Å²) < 4.78 is 56.7. The number of sulfonamides is 1. The minimum absolute atomic E-state index is 0.0306. The van der Waals surface area contributed by atoms with Crippen LogP contribution in [-0.2, 0) is 24.3 Å². The Kier molecular flexibility index (Phi) is 6.14. The molecule has 27 heavy (non-hydrogen) atoms. The Hall–Kier alpha value is -1.16. The fraction of sp³-hybridized carbons (Fsp3) is 0.294. The lowest BCUT2D eigenvalue weighted by atomic mass is 10.2. The molecular weight excluding hydrogens is 433 g/mol. The number of rotatable bonds is 6. The Balaban J connectivity index is 1.75. The number of halogens is 2. The zero-order valence-corrected chi connectivity index (χ0v) is 17.2. The van der Waals surface area contributed by atoms with Gasteiger partial charge >= 0.3 is 0 Å². The summed E-state index contributed by atoms with van der Waals surface area (Å²) in [5.74, 6) is 0. The van der Waals surface area contributed by atoms with Gasteiger partial charge in [-0.1, -0.05) is 23.2 Å². The van der Waals surface area contributed by atoms with E-state index in [1.165, 1.54) is 52.8 Å². The van der Waals surface area contributed by atoms with Gasteiger partial charge in [-0.3, -0.25) is 4.18 Å². The lowest BCUT2D eigenvalue weighted by molar-refractivity contribution is 0.237. The van der Waals surface area contributed by atoms with Gasteiger partial charge in [0, 0.05) is 16.6 Å². The summed E-state index contributed by atoms with van der Waals surface area (Å²) in [7, 11) is -7.76. The zero-order chi connectivity index (χ0) is 19.7. The SMILES string of the molecule is O=S(=O)(OC[C@@H]1CCCN1S(=O)(=O)c1ccc(Cl)cc1)c1ccc(Cl)cc1. The average molecular weight is 450 g/mol. The third kappa shape index (κ3) is 4.64. The molecule has 0 spiro atoms. The van der Waals surface area contributed by atoms with E-state index in [4.69, 9.17) is 27.4 Å². The van der Waals surface area contributed by atoms with Crippen molar-refractivity contribution in [3.8, 4) is 0 Å². The van der Waals surface area contributed by atoms with Crippen molar-refractivity contribution in [1.82, 2.24) is 4.31 Å². The number of nitrogens with zero attached hydrogens (tertiary/aromatic N) is 1. The van der Waals surface area contributed by atoms with Gasteiger partial charge in [-0.15, -0.1) is 0 Å². The van der Waals surface area contributed by atoms with E-state index in [-0.39, 0.29) is 16.4 Å². The van der Waals surface area contributed by atoms with Crippen molar-refractivity contribution in [3.05, 3.63) is 58.6 Å². The molecule has 0 radical (unpaired) electrons.